The van der Waals surface area contributed by atoms with Crippen molar-refractivity contribution in [1.82, 2.24) is 10.3 Å². The second kappa shape index (κ2) is 7.19. The minimum absolute atomic E-state index is 0.177. The molecule has 1 amide bonds. The number of hydrazine groups is 1. The number of hydrogen-bond acceptors (Lipinski definition) is 6. The Balaban J connectivity index is 2.78. The van der Waals surface area contributed by atoms with Gasteiger partial charge in [-0.25, -0.2) is 10.6 Å². The Morgan fingerprint density at radius 3 is 2.50 bits per heavy atom. The monoisotopic (exact) mass is 342 g/mol. The molecule has 0 heterocycles. The first-order valence-electron chi connectivity index (χ1n) is 8.40. The van der Waals surface area contributed by atoms with Crippen molar-refractivity contribution in [3.05, 3.63) is 11.9 Å². The molecule has 1 fully saturated rings. The quantitative estimate of drug-likeness (QED) is 0.446. The summed E-state index contributed by atoms with van der Waals surface area (Å²) in [7, 11) is 0. The molecule has 0 aliphatic heterocycles. The first kappa shape index (κ1) is 20.6. The lowest BCUT2D eigenvalue weighted by Crippen LogP contribution is -2.56. The van der Waals surface area contributed by atoms with Crippen molar-refractivity contribution >= 4 is 6.09 Å². The summed E-state index contributed by atoms with van der Waals surface area (Å²) in [6, 6.07) is 0. The third kappa shape index (κ3) is 5.01. The highest BCUT2D eigenvalue weighted by Crippen LogP contribution is 2.50. The van der Waals surface area contributed by atoms with E-state index in [9.17, 15) is 4.79 Å². The highest BCUT2D eigenvalue weighted by atomic mass is 16.6. The molecule has 0 aromatic rings. The van der Waals surface area contributed by atoms with Gasteiger partial charge in [-0.1, -0.05) is 13.8 Å². The average molecular weight is 342 g/mol. The molecule has 24 heavy (non-hydrogen) atoms. The number of nitrogens with two attached hydrogens (primary N) is 2. The summed E-state index contributed by atoms with van der Waals surface area (Å²) in [5.74, 6) is 6.25. The molecule has 0 bridgehead atoms. The summed E-state index contributed by atoms with van der Waals surface area (Å²) in [6.45, 7) is 12.2. The predicted octanol–water partition coefficient (Wildman–Crippen LogP) is 1.67. The van der Waals surface area contributed by atoms with Gasteiger partial charge in [0.15, 0.2) is 0 Å². The summed E-state index contributed by atoms with van der Waals surface area (Å²) in [6.07, 6.45) is 2.93. The fraction of sp³-hybridized carbons (Fsp3) is 0.824. The maximum atomic E-state index is 12.2. The van der Waals surface area contributed by atoms with Crippen LogP contribution in [0.5, 0.6) is 0 Å². The third-order valence-electron chi connectivity index (χ3n) is 5.16. The maximum Gasteiger partial charge on any atom is 0.408 e. The number of ether oxygens (including phenoxy) is 1. The molecule has 6 N–H and O–H groups in total. The van der Waals surface area contributed by atoms with Crippen molar-refractivity contribution in [2.24, 2.45) is 22.9 Å². The molecular formula is C17H34N4O3. The van der Waals surface area contributed by atoms with Gasteiger partial charge in [0.1, 0.15) is 5.60 Å². The number of amides is 1. The first-order chi connectivity index (χ1) is 10.8. The van der Waals surface area contributed by atoms with Crippen LogP contribution in [0.15, 0.2) is 11.9 Å². The number of alkyl carbamates (subject to hydrolysis) is 1. The number of carbonyl (C=O) groups excluding carboxylic acids is 1. The molecule has 0 saturated heterocycles. The zero-order chi connectivity index (χ0) is 18.8. The van der Waals surface area contributed by atoms with Crippen molar-refractivity contribution < 1.29 is 14.6 Å². The van der Waals surface area contributed by atoms with Crippen LogP contribution in [0, 0.1) is 11.3 Å². The number of nitrogens with zero attached hydrogens (tertiary/aromatic N) is 1. The van der Waals surface area contributed by atoms with E-state index in [1.165, 1.54) is 5.01 Å². The van der Waals surface area contributed by atoms with Crippen molar-refractivity contribution in [2.45, 2.75) is 65.5 Å². The number of nitrogens with one attached hydrogen (secondary N) is 1. The standard InChI is InChI=1S/C17H34N4O3/c1-15(2,3)24-14(23)20-17(6)8-7-12(16(17,4)5)9-21(19)10-13(18)11-22/h10,12,22H,7-9,11,18-19H2,1-6H3,(H,20,23). The molecule has 0 radical (unpaired) electrons. The van der Waals surface area contributed by atoms with E-state index in [1.807, 2.05) is 20.8 Å². The summed E-state index contributed by atoms with van der Waals surface area (Å²) in [5, 5.41) is 13.6. The normalized spacial score (nSPS) is 27.0. The number of carbonyl (C=O) groups is 1. The van der Waals surface area contributed by atoms with Gasteiger partial charge in [-0.05, 0) is 51.9 Å². The van der Waals surface area contributed by atoms with Crippen LogP contribution in [0.25, 0.3) is 0 Å². The van der Waals surface area contributed by atoms with Crippen LogP contribution < -0.4 is 16.9 Å². The Hall–Kier alpha value is -1.47. The van der Waals surface area contributed by atoms with Gasteiger partial charge >= 0.3 is 6.09 Å². The van der Waals surface area contributed by atoms with E-state index >= 15 is 0 Å². The maximum absolute atomic E-state index is 12.2. The van der Waals surface area contributed by atoms with Crippen molar-refractivity contribution in [3.63, 3.8) is 0 Å². The van der Waals surface area contributed by atoms with E-state index in [0.717, 1.165) is 12.8 Å². The predicted molar refractivity (Wildman–Crippen MR) is 94.5 cm³/mol. The third-order valence-corrected chi connectivity index (χ3v) is 5.16. The molecule has 0 spiro atoms. The van der Waals surface area contributed by atoms with Crippen LogP contribution in [-0.2, 0) is 4.74 Å². The van der Waals surface area contributed by atoms with Crippen LogP contribution in [-0.4, -0.2) is 40.5 Å². The summed E-state index contributed by atoms with van der Waals surface area (Å²) in [5.41, 5.74) is 4.85. The Labute approximate surface area is 145 Å². The smallest absolute Gasteiger partial charge is 0.408 e. The lowest BCUT2D eigenvalue weighted by Gasteiger charge is -2.43. The van der Waals surface area contributed by atoms with E-state index in [2.05, 4.69) is 26.1 Å². The molecule has 2 atom stereocenters. The van der Waals surface area contributed by atoms with Crippen molar-refractivity contribution in [3.8, 4) is 0 Å². The Kier molecular flexibility index (Phi) is 6.16. The molecule has 0 aromatic carbocycles. The van der Waals surface area contributed by atoms with Crippen LogP contribution in [0.1, 0.15) is 54.4 Å². The number of rotatable bonds is 5. The van der Waals surface area contributed by atoms with E-state index in [4.69, 9.17) is 21.4 Å². The van der Waals surface area contributed by atoms with Gasteiger partial charge in [0, 0.05) is 18.3 Å². The van der Waals surface area contributed by atoms with Gasteiger partial charge in [-0.2, -0.15) is 0 Å². The van der Waals surface area contributed by atoms with Crippen molar-refractivity contribution in [2.75, 3.05) is 13.2 Å². The largest absolute Gasteiger partial charge is 0.444 e. The zero-order valence-corrected chi connectivity index (χ0v) is 15.8. The molecule has 7 heteroatoms. The van der Waals surface area contributed by atoms with E-state index in [-0.39, 0.29) is 23.5 Å². The Morgan fingerprint density at radius 2 is 2.00 bits per heavy atom. The van der Waals surface area contributed by atoms with E-state index in [1.54, 1.807) is 6.20 Å². The average Bonchev–Trinajstić information content (AvgIpc) is 2.59. The molecule has 1 saturated carbocycles. The second-order valence-corrected chi connectivity index (χ2v) is 8.48. The van der Waals surface area contributed by atoms with Gasteiger partial charge in [0.2, 0.25) is 0 Å². The number of aliphatic hydroxyl groups excluding tert-OH is 1. The topological polar surface area (TPSA) is 114 Å². The fourth-order valence-corrected chi connectivity index (χ4v) is 3.23. The Bertz CT molecular complexity index is 485. The van der Waals surface area contributed by atoms with Gasteiger partial charge in [0.25, 0.3) is 0 Å². The Morgan fingerprint density at radius 1 is 1.42 bits per heavy atom. The lowest BCUT2D eigenvalue weighted by molar-refractivity contribution is 0.0336. The van der Waals surface area contributed by atoms with Crippen molar-refractivity contribution in [1.29, 1.82) is 0 Å². The molecule has 1 aliphatic carbocycles. The molecule has 0 aromatic heterocycles. The van der Waals surface area contributed by atoms with Gasteiger partial charge < -0.3 is 25.9 Å². The molecule has 1 aliphatic rings. The van der Waals surface area contributed by atoms with E-state index < -0.39 is 11.7 Å². The zero-order valence-electron chi connectivity index (χ0n) is 15.8. The molecule has 1 rings (SSSR count). The molecule has 140 valence electrons. The van der Waals surface area contributed by atoms with Crippen LogP contribution in [0.2, 0.25) is 0 Å². The van der Waals surface area contributed by atoms with Crippen LogP contribution in [0.3, 0.4) is 0 Å². The first-order valence-corrected chi connectivity index (χ1v) is 8.40. The SMILES string of the molecule is CC(C)(C)OC(=O)NC1(C)CCC(CN(N)C=C(N)CO)C1(C)C. The molecule has 7 nitrogen and oxygen atoms in total. The second-order valence-electron chi connectivity index (χ2n) is 8.48. The highest BCUT2D eigenvalue weighted by Gasteiger charge is 2.52. The number of aliphatic hydroxyl groups is 1. The van der Waals surface area contributed by atoms with Gasteiger partial charge in [-0.15, -0.1) is 0 Å². The molecular weight excluding hydrogens is 308 g/mol. The van der Waals surface area contributed by atoms with Gasteiger partial charge in [0.05, 0.1) is 12.3 Å². The summed E-state index contributed by atoms with van der Waals surface area (Å²) < 4.78 is 5.40. The minimum atomic E-state index is -0.525. The van der Waals surface area contributed by atoms with Crippen LogP contribution >= 0.6 is 0 Å². The van der Waals surface area contributed by atoms with Gasteiger partial charge in [-0.3, -0.25) is 0 Å². The molecule has 2 unspecified atom stereocenters. The minimum Gasteiger partial charge on any atom is -0.444 e. The van der Waals surface area contributed by atoms with E-state index in [0.29, 0.717) is 12.2 Å². The lowest BCUT2D eigenvalue weighted by atomic mass is 9.71. The van der Waals surface area contributed by atoms with Crippen LogP contribution in [0.4, 0.5) is 4.79 Å². The summed E-state index contributed by atoms with van der Waals surface area (Å²) >= 11 is 0. The fourth-order valence-electron chi connectivity index (χ4n) is 3.23. The number of hydrogen-bond donors (Lipinski definition) is 4. The summed E-state index contributed by atoms with van der Waals surface area (Å²) in [4.78, 5) is 12.2. The highest BCUT2D eigenvalue weighted by molar-refractivity contribution is 5.69.